The fraction of sp³-hybridized carbons (Fsp3) is 0.350. The third-order valence-corrected chi connectivity index (χ3v) is 5.94. The number of pyridine rings is 1. The highest BCUT2D eigenvalue weighted by Crippen LogP contribution is 2.50. The zero-order chi connectivity index (χ0) is 16.4. The Labute approximate surface area is 150 Å². The van der Waals surface area contributed by atoms with Crippen molar-refractivity contribution in [2.45, 2.75) is 31.8 Å². The Hall–Kier alpha value is -1.91. The fourth-order valence-electron chi connectivity index (χ4n) is 4.91. The van der Waals surface area contributed by atoms with Crippen LogP contribution < -0.4 is 0 Å². The second-order valence-electron chi connectivity index (χ2n) is 7.18. The van der Waals surface area contributed by atoms with Gasteiger partial charge < -0.3 is 10.2 Å². The molecule has 0 saturated heterocycles. The van der Waals surface area contributed by atoms with Crippen molar-refractivity contribution >= 4 is 34.1 Å². The van der Waals surface area contributed by atoms with Gasteiger partial charge in [-0.2, -0.15) is 0 Å². The minimum absolute atomic E-state index is 0. The SMILES string of the molecule is Cl.Oc1cnc2c3c(c4ccc(F)cc4c2c1)CC1CCC[C@@H]1[C@@H]3O. The van der Waals surface area contributed by atoms with Gasteiger partial charge in [0.05, 0.1) is 17.8 Å². The molecule has 25 heavy (non-hydrogen) atoms. The average molecular weight is 360 g/mol. The van der Waals surface area contributed by atoms with Crippen LogP contribution in [0.25, 0.3) is 21.7 Å². The summed E-state index contributed by atoms with van der Waals surface area (Å²) >= 11 is 0. The molecule has 2 aliphatic rings. The Balaban J connectivity index is 0.00000157. The summed E-state index contributed by atoms with van der Waals surface area (Å²) in [6.45, 7) is 0. The predicted octanol–water partition coefficient (Wildman–Crippen LogP) is 4.66. The van der Waals surface area contributed by atoms with E-state index in [1.54, 1.807) is 12.1 Å². The molecule has 5 heteroatoms. The van der Waals surface area contributed by atoms with Gasteiger partial charge in [0, 0.05) is 10.9 Å². The molecule has 2 aliphatic carbocycles. The first kappa shape index (κ1) is 16.6. The van der Waals surface area contributed by atoms with Crippen LogP contribution in [0.4, 0.5) is 4.39 Å². The predicted molar refractivity (Wildman–Crippen MR) is 97.6 cm³/mol. The molecular weight excluding hydrogens is 341 g/mol. The van der Waals surface area contributed by atoms with E-state index in [-0.39, 0.29) is 29.9 Å². The number of aliphatic hydroxyl groups excluding tert-OH is 1. The maximum absolute atomic E-state index is 13.9. The minimum atomic E-state index is -0.532. The van der Waals surface area contributed by atoms with E-state index < -0.39 is 6.10 Å². The molecule has 5 rings (SSSR count). The zero-order valence-corrected chi connectivity index (χ0v) is 14.4. The first-order valence-corrected chi connectivity index (χ1v) is 8.54. The maximum Gasteiger partial charge on any atom is 0.134 e. The van der Waals surface area contributed by atoms with Crippen LogP contribution in [0.5, 0.6) is 5.75 Å². The van der Waals surface area contributed by atoms with Crippen molar-refractivity contribution in [2.24, 2.45) is 11.8 Å². The van der Waals surface area contributed by atoms with E-state index in [9.17, 15) is 14.6 Å². The van der Waals surface area contributed by atoms with Gasteiger partial charge in [0.2, 0.25) is 0 Å². The highest BCUT2D eigenvalue weighted by Gasteiger charge is 2.40. The molecule has 1 aromatic heterocycles. The van der Waals surface area contributed by atoms with Gasteiger partial charge in [-0.05, 0) is 65.6 Å². The first-order valence-electron chi connectivity index (χ1n) is 8.54. The van der Waals surface area contributed by atoms with Crippen molar-refractivity contribution in [3.05, 3.63) is 47.4 Å². The summed E-state index contributed by atoms with van der Waals surface area (Å²) in [6.07, 6.45) is 5.13. The topological polar surface area (TPSA) is 53.4 Å². The number of nitrogens with zero attached hydrogens (tertiary/aromatic N) is 1. The second-order valence-corrected chi connectivity index (χ2v) is 7.18. The first-order chi connectivity index (χ1) is 11.6. The summed E-state index contributed by atoms with van der Waals surface area (Å²) in [7, 11) is 0. The molecule has 0 spiro atoms. The Morgan fingerprint density at radius 1 is 1.08 bits per heavy atom. The van der Waals surface area contributed by atoms with E-state index in [1.165, 1.54) is 18.3 Å². The second kappa shape index (κ2) is 5.82. The third kappa shape index (κ3) is 2.31. The van der Waals surface area contributed by atoms with Crippen molar-refractivity contribution in [3.63, 3.8) is 0 Å². The van der Waals surface area contributed by atoms with Gasteiger partial charge in [-0.25, -0.2) is 4.39 Å². The molecule has 2 N–H and O–H groups in total. The number of benzene rings is 2. The van der Waals surface area contributed by atoms with Gasteiger partial charge in [0.25, 0.3) is 0 Å². The molecule has 1 unspecified atom stereocenters. The van der Waals surface area contributed by atoms with E-state index in [0.717, 1.165) is 47.6 Å². The molecule has 0 radical (unpaired) electrons. The lowest BCUT2D eigenvalue weighted by molar-refractivity contribution is 0.0758. The van der Waals surface area contributed by atoms with Crippen molar-refractivity contribution in [3.8, 4) is 5.75 Å². The van der Waals surface area contributed by atoms with E-state index in [0.29, 0.717) is 16.8 Å². The largest absolute Gasteiger partial charge is 0.506 e. The summed E-state index contributed by atoms with van der Waals surface area (Å²) < 4.78 is 13.9. The third-order valence-electron chi connectivity index (χ3n) is 5.94. The molecule has 3 atom stereocenters. The van der Waals surface area contributed by atoms with Crippen LogP contribution in [0.2, 0.25) is 0 Å². The standard InChI is InChI=1S/C20H18FNO2.ClH/c21-11-4-5-14-15(7-11)17-8-12(23)9-22-19(17)18-16(14)6-10-2-1-3-13(10)20(18)24;/h4-5,7-10,13,20,23-24H,1-3,6H2;1H/t10?,13-,20-;/m0./s1. The molecule has 0 aliphatic heterocycles. The van der Waals surface area contributed by atoms with Crippen molar-refractivity contribution in [2.75, 3.05) is 0 Å². The number of aliphatic hydroxyl groups is 1. The minimum Gasteiger partial charge on any atom is -0.506 e. The van der Waals surface area contributed by atoms with Crippen molar-refractivity contribution < 1.29 is 14.6 Å². The van der Waals surface area contributed by atoms with Crippen LogP contribution in [-0.4, -0.2) is 15.2 Å². The molecule has 1 heterocycles. The summed E-state index contributed by atoms with van der Waals surface area (Å²) in [4.78, 5) is 4.41. The van der Waals surface area contributed by atoms with Gasteiger partial charge in [-0.1, -0.05) is 12.5 Å². The van der Waals surface area contributed by atoms with Crippen molar-refractivity contribution in [1.29, 1.82) is 0 Å². The number of fused-ring (bicyclic) bond motifs is 7. The molecule has 3 nitrogen and oxygen atoms in total. The lowest BCUT2D eigenvalue weighted by Gasteiger charge is -2.34. The Bertz CT molecular complexity index is 990. The summed E-state index contributed by atoms with van der Waals surface area (Å²) in [5.41, 5.74) is 2.68. The molecule has 1 fully saturated rings. The highest BCUT2D eigenvalue weighted by atomic mass is 35.5. The van der Waals surface area contributed by atoms with Crippen LogP contribution in [0.1, 0.15) is 36.5 Å². The van der Waals surface area contributed by atoms with E-state index in [4.69, 9.17) is 0 Å². The van der Waals surface area contributed by atoms with E-state index >= 15 is 0 Å². The highest BCUT2D eigenvalue weighted by molar-refractivity contribution is 6.10. The van der Waals surface area contributed by atoms with Gasteiger partial charge in [0.15, 0.2) is 0 Å². The van der Waals surface area contributed by atoms with Crippen LogP contribution in [-0.2, 0) is 6.42 Å². The van der Waals surface area contributed by atoms with Crippen LogP contribution in [0.15, 0.2) is 30.5 Å². The monoisotopic (exact) mass is 359 g/mol. The van der Waals surface area contributed by atoms with E-state index in [2.05, 4.69) is 4.98 Å². The summed E-state index contributed by atoms with van der Waals surface area (Å²) in [6, 6.07) is 6.40. The summed E-state index contributed by atoms with van der Waals surface area (Å²) in [5.74, 6) is 0.531. The maximum atomic E-state index is 13.9. The molecule has 1 saturated carbocycles. The van der Waals surface area contributed by atoms with Gasteiger partial charge in [0.1, 0.15) is 11.6 Å². The van der Waals surface area contributed by atoms with Gasteiger partial charge >= 0.3 is 0 Å². The van der Waals surface area contributed by atoms with Crippen LogP contribution in [0, 0.1) is 17.7 Å². The van der Waals surface area contributed by atoms with Gasteiger partial charge in [-0.15, -0.1) is 12.4 Å². The normalized spacial score (nSPS) is 24.8. The Morgan fingerprint density at radius 2 is 1.92 bits per heavy atom. The molecule has 3 aromatic rings. The number of aromatic nitrogens is 1. The van der Waals surface area contributed by atoms with Crippen LogP contribution in [0.3, 0.4) is 0 Å². The lowest BCUT2D eigenvalue weighted by atomic mass is 9.73. The van der Waals surface area contributed by atoms with Crippen LogP contribution >= 0.6 is 12.4 Å². The van der Waals surface area contributed by atoms with Gasteiger partial charge in [-0.3, -0.25) is 4.98 Å². The Morgan fingerprint density at radius 3 is 2.76 bits per heavy atom. The van der Waals surface area contributed by atoms with Crippen molar-refractivity contribution in [1.82, 2.24) is 4.98 Å². The molecule has 2 aromatic carbocycles. The number of hydrogen-bond acceptors (Lipinski definition) is 3. The molecule has 130 valence electrons. The lowest BCUT2D eigenvalue weighted by Crippen LogP contribution is -2.26. The fourth-order valence-corrected chi connectivity index (χ4v) is 4.91. The smallest absolute Gasteiger partial charge is 0.134 e. The quantitative estimate of drug-likeness (QED) is 0.574. The zero-order valence-electron chi connectivity index (χ0n) is 13.6. The number of halogens is 2. The Kier molecular flexibility index (Phi) is 3.85. The number of aromatic hydroxyl groups is 1. The molecule has 0 bridgehead atoms. The molecule has 0 amide bonds. The number of hydrogen-bond donors (Lipinski definition) is 2. The average Bonchev–Trinajstić information content (AvgIpc) is 3.04. The van der Waals surface area contributed by atoms with E-state index in [1.807, 2.05) is 0 Å². The summed E-state index contributed by atoms with van der Waals surface area (Å²) in [5, 5.41) is 23.3. The number of rotatable bonds is 0. The molecular formula is C20H19ClFNO2.